The van der Waals surface area contributed by atoms with Crippen LogP contribution in [0.25, 0.3) is 0 Å². The van der Waals surface area contributed by atoms with E-state index in [0.717, 1.165) is 12.8 Å². The van der Waals surface area contributed by atoms with Crippen molar-refractivity contribution in [2.45, 2.75) is 25.4 Å². The summed E-state index contributed by atoms with van der Waals surface area (Å²) in [4.78, 5) is 10.6. The number of hydrogen-bond acceptors (Lipinski definition) is 2. The van der Waals surface area contributed by atoms with Gasteiger partial charge in [0, 0.05) is 6.42 Å². The summed E-state index contributed by atoms with van der Waals surface area (Å²) in [5, 5.41) is 8.97. The number of carbonyl (C=O) groups is 1. The second-order valence-corrected chi connectivity index (χ2v) is 2.29. The van der Waals surface area contributed by atoms with E-state index in [0.29, 0.717) is 6.42 Å². The second-order valence-electron chi connectivity index (χ2n) is 2.29. The van der Waals surface area contributed by atoms with Gasteiger partial charge in [-0.1, -0.05) is 6.08 Å². The first-order valence-electron chi connectivity index (χ1n) is 3.18. The highest BCUT2D eigenvalue weighted by molar-refractivity contribution is 5.89. The van der Waals surface area contributed by atoms with Crippen molar-refractivity contribution in [3.8, 4) is 0 Å². The Balaban J connectivity index is 2.52. The minimum atomic E-state index is -0.392. The molecule has 0 bridgehead atoms. The SMILES string of the molecule is O=C1C=C[C@@H](O)CCC1. The van der Waals surface area contributed by atoms with E-state index in [1.807, 2.05) is 0 Å². The van der Waals surface area contributed by atoms with E-state index in [1.54, 1.807) is 6.08 Å². The maximum atomic E-state index is 10.6. The summed E-state index contributed by atoms with van der Waals surface area (Å²) in [6.45, 7) is 0. The third-order valence-electron chi connectivity index (χ3n) is 1.43. The van der Waals surface area contributed by atoms with Crippen molar-refractivity contribution in [1.82, 2.24) is 0 Å². The van der Waals surface area contributed by atoms with Gasteiger partial charge in [0.05, 0.1) is 6.10 Å². The molecule has 1 rings (SSSR count). The van der Waals surface area contributed by atoms with Gasteiger partial charge in [-0.25, -0.2) is 0 Å². The molecule has 0 aromatic rings. The summed E-state index contributed by atoms with van der Waals surface area (Å²) >= 11 is 0. The topological polar surface area (TPSA) is 37.3 Å². The predicted octanol–water partition coefficient (Wildman–Crippen LogP) is 0.656. The van der Waals surface area contributed by atoms with Gasteiger partial charge in [0.2, 0.25) is 0 Å². The molecule has 0 saturated carbocycles. The highest BCUT2D eigenvalue weighted by Crippen LogP contribution is 2.07. The number of ketones is 1. The molecule has 0 spiro atoms. The summed E-state index contributed by atoms with van der Waals surface area (Å²) in [6, 6.07) is 0. The van der Waals surface area contributed by atoms with Gasteiger partial charge in [0.1, 0.15) is 0 Å². The van der Waals surface area contributed by atoms with E-state index in [2.05, 4.69) is 0 Å². The fourth-order valence-corrected chi connectivity index (χ4v) is 0.883. The molecule has 2 heteroatoms. The van der Waals surface area contributed by atoms with Crippen LogP contribution in [0.5, 0.6) is 0 Å². The molecular weight excluding hydrogens is 116 g/mol. The van der Waals surface area contributed by atoms with Gasteiger partial charge in [0.15, 0.2) is 5.78 Å². The Kier molecular flexibility index (Phi) is 2.01. The van der Waals surface area contributed by atoms with Crippen molar-refractivity contribution in [3.05, 3.63) is 12.2 Å². The smallest absolute Gasteiger partial charge is 0.155 e. The number of aliphatic hydroxyl groups excluding tert-OH is 1. The maximum Gasteiger partial charge on any atom is 0.155 e. The Hall–Kier alpha value is -0.630. The van der Waals surface area contributed by atoms with Gasteiger partial charge in [-0.2, -0.15) is 0 Å². The first kappa shape index (κ1) is 6.49. The lowest BCUT2D eigenvalue weighted by atomic mass is 10.2. The van der Waals surface area contributed by atoms with E-state index in [1.165, 1.54) is 6.08 Å². The van der Waals surface area contributed by atoms with Crippen LogP contribution in [0.4, 0.5) is 0 Å². The second kappa shape index (κ2) is 2.78. The zero-order valence-corrected chi connectivity index (χ0v) is 5.21. The fourth-order valence-electron chi connectivity index (χ4n) is 0.883. The summed E-state index contributed by atoms with van der Waals surface area (Å²) in [7, 11) is 0. The highest BCUT2D eigenvalue weighted by atomic mass is 16.3. The standard InChI is InChI=1S/C7H10O2/c8-6-2-1-3-7(9)5-4-6/h4-6,8H,1-3H2/t6-/m0/s1. The lowest BCUT2D eigenvalue weighted by molar-refractivity contribution is -0.114. The van der Waals surface area contributed by atoms with E-state index in [4.69, 9.17) is 5.11 Å². The quantitative estimate of drug-likeness (QED) is 0.517. The molecule has 0 amide bonds. The molecule has 0 fully saturated rings. The van der Waals surface area contributed by atoms with Crippen molar-refractivity contribution in [2.75, 3.05) is 0 Å². The molecule has 50 valence electrons. The van der Waals surface area contributed by atoms with Crippen LogP contribution in [0, 0.1) is 0 Å². The molecular formula is C7H10O2. The number of aliphatic hydroxyl groups is 1. The first-order valence-corrected chi connectivity index (χ1v) is 3.18. The Morgan fingerprint density at radius 2 is 2.44 bits per heavy atom. The molecule has 9 heavy (non-hydrogen) atoms. The van der Waals surface area contributed by atoms with E-state index in [-0.39, 0.29) is 5.78 Å². The Morgan fingerprint density at radius 1 is 1.67 bits per heavy atom. The monoisotopic (exact) mass is 126 g/mol. The van der Waals surface area contributed by atoms with Crippen molar-refractivity contribution in [3.63, 3.8) is 0 Å². The lowest BCUT2D eigenvalue weighted by Gasteiger charge is -1.97. The Morgan fingerprint density at radius 3 is 3.22 bits per heavy atom. The molecule has 0 saturated heterocycles. The lowest BCUT2D eigenvalue weighted by Crippen LogP contribution is -1.98. The number of hydrogen-bond donors (Lipinski definition) is 1. The van der Waals surface area contributed by atoms with Crippen molar-refractivity contribution in [1.29, 1.82) is 0 Å². The molecule has 2 nitrogen and oxygen atoms in total. The normalized spacial score (nSPS) is 28.1. The fraction of sp³-hybridized carbons (Fsp3) is 0.571. The summed E-state index contributed by atoms with van der Waals surface area (Å²) in [5.74, 6) is 0.131. The van der Waals surface area contributed by atoms with E-state index in [9.17, 15) is 4.79 Å². The summed E-state index contributed by atoms with van der Waals surface area (Å²) < 4.78 is 0. The van der Waals surface area contributed by atoms with Crippen LogP contribution in [-0.2, 0) is 4.79 Å². The molecule has 1 aliphatic carbocycles. The van der Waals surface area contributed by atoms with Gasteiger partial charge >= 0.3 is 0 Å². The number of carbonyl (C=O) groups excluding carboxylic acids is 1. The zero-order valence-electron chi connectivity index (χ0n) is 5.21. The van der Waals surface area contributed by atoms with Crippen LogP contribution in [0.2, 0.25) is 0 Å². The maximum absolute atomic E-state index is 10.6. The van der Waals surface area contributed by atoms with Crippen LogP contribution in [0.3, 0.4) is 0 Å². The van der Waals surface area contributed by atoms with Gasteiger partial charge in [-0.3, -0.25) is 4.79 Å². The average Bonchev–Trinajstić information content (AvgIpc) is 1.97. The molecule has 1 N–H and O–H groups in total. The van der Waals surface area contributed by atoms with Crippen LogP contribution in [0.15, 0.2) is 12.2 Å². The van der Waals surface area contributed by atoms with Crippen LogP contribution in [-0.4, -0.2) is 17.0 Å². The molecule has 0 aliphatic heterocycles. The van der Waals surface area contributed by atoms with E-state index < -0.39 is 6.10 Å². The average molecular weight is 126 g/mol. The minimum Gasteiger partial charge on any atom is -0.389 e. The van der Waals surface area contributed by atoms with Crippen LogP contribution in [0.1, 0.15) is 19.3 Å². The Labute approximate surface area is 54.2 Å². The number of allylic oxidation sites excluding steroid dienone is 1. The largest absolute Gasteiger partial charge is 0.389 e. The van der Waals surface area contributed by atoms with E-state index >= 15 is 0 Å². The van der Waals surface area contributed by atoms with Gasteiger partial charge < -0.3 is 5.11 Å². The van der Waals surface area contributed by atoms with Crippen molar-refractivity contribution < 1.29 is 9.90 Å². The molecule has 1 aliphatic rings. The third kappa shape index (κ3) is 1.98. The molecule has 0 aromatic heterocycles. The van der Waals surface area contributed by atoms with Crippen molar-refractivity contribution in [2.24, 2.45) is 0 Å². The zero-order chi connectivity index (χ0) is 6.69. The van der Waals surface area contributed by atoms with Gasteiger partial charge in [-0.05, 0) is 18.9 Å². The molecule has 0 heterocycles. The number of rotatable bonds is 0. The summed E-state index contributed by atoms with van der Waals surface area (Å²) in [5.41, 5.74) is 0. The first-order chi connectivity index (χ1) is 4.29. The highest BCUT2D eigenvalue weighted by Gasteiger charge is 2.06. The van der Waals surface area contributed by atoms with Crippen LogP contribution >= 0.6 is 0 Å². The van der Waals surface area contributed by atoms with Crippen molar-refractivity contribution >= 4 is 5.78 Å². The van der Waals surface area contributed by atoms with Crippen LogP contribution < -0.4 is 0 Å². The Bertz CT molecular complexity index is 138. The van der Waals surface area contributed by atoms with Gasteiger partial charge in [-0.15, -0.1) is 0 Å². The summed E-state index contributed by atoms with van der Waals surface area (Å²) in [6.07, 6.45) is 4.77. The molecule has 1 atom stereocenters. The minimum absolute atomic E-state index is 0.131. The molecule has 0 unspecified atom stereocenters. The third-order valence-corrected chi connectivity index (χ3v) is 1.43. The van der Waals surface area contributed by atoms with Gasteiger partial charge in [0.25, 0.3) is 0 Å². The molecule has 0 radical (unpaired) electrons. The molecule has 0 aromatic carbocycles. The predicted molar refractivity (Wildman–Crippen MR) is 34.0 cm³/mol.